The van der Waals surface area contributed by atoms with E-state index in [-0.39, 0.29) is 0 Å². The van der Waals surface area contributed by atoms with E-state index in [0.717, 1.165) is 12.6 Å². The summed E-state index contributed by atoms with van der Waals surface area (Å²) in [6, 6.07) is 8.13. The van der Waals surface area contributed by atoms with Crippen molar-refractivity contribution >= 4 is 5.69 Å². The Hall–Kier alpha value is -1.02. The standard InChI is InChI=1S/C14H20N2/c1-10-5-6-14-11(7-10)8-13(9-15-14)16-12-3-2-4-12/h5-7,12-13,15-16H,2-4,8-9H2,1H3. The van der Waals surface area contributed by atoms with Gasteiger partial charge in [-0.1, -0.05) is 24.1 Å². The number of rotatable bonds is 2. The molecule has 1 aliphatic heterocycles. The number of nitrogens with one attached hydrogen (secondary N) is 2. The van der Waals surface area contributed by atoms with E-state index in [1.807, 2.05) is 0 Å². The van der Waals surface area contributed by atoms with Crippen LogP contribution in [0.3, 0.4) is 0 Å². The van der Waals surface area contributed by atoms with E-state index in [9.17, 15) is 0 Å². The van der Waals surface area contributed by atoms with Crippen molar-refractivity contribution in [1.82, 2.24) is 5.32 Å². The smallest absolute Gasteiger partial charge is 0.0374 e. The lowest BCUT2D eigenvalue weighted by molar-refractivity contribution is 0.304. The van der Waals surface area contributed by atoms with Gasteiger partial charge in [0.15, 0.2) is 0 Å². The highest BCUT2D eigenvalue weighted by atomic mass is 15.0. The molecule has 0 amide bonds. The molecule has 0 spiro atoms. The summed E-state index contributed by atoms with van der Waals surface area (Å²) in [4.78, 5) is 0. The molecule has 0 aromatic heterocycles. The van der Waals surface area contributed by atoms with Crippen LogP contribution in [0.4, 0.5) is 5.69 Å². The molecule has 0 radical (unpaired) electrons. The van der Waals surface area contributed by atoms with Gasteiger partial charge < -0.3 is 10.6 Å². The summed E-state index contributed by atoms with van der Waals surface area (Å²) in [5.74, 6) is 0. The van der Waals surface area contributed by atoms with Crippen LogP contribution in [0.25, 0.3) is 0 Å². The van der Waals surface area contributed by atoms with E-state index in [1.165, 1.54) is 42.5 Å². The maximum atomic E-state index is 3.75. The highest BCUT2D eigenvalue weighted by molar-refractivity contribution is 5.55. The molecule has 3 rings (SSSR count). The molecule has 1 atom stereocenters. The van der Waals surface area contributed by atoms with E-state index < -0.39 is 0 Å². The monoisotopic (exact) mass is 216 g/mol. The first-order chi connectivity index (χ1) is 7.81. The lowest BCUT2D eigenvalue weighted by Gasteiger charge is -2.34. The van der Waals surface area contributed by atoms with Crippen molar-refractivity contribution in [2.75, 3.05) is 11.9 Å². The molecule has 1 heterocycles. The second-order valence-electron chi connectivity index (χ2n) is 5.24. The Bertz CT molecular complexity index is 382. The summed E-state index contributed by atoms with van der Waals surface area (Å²) in [5.41, 5.74) is 4.17. The number of aryl methyl sites for hydroxylation is 1. The highest BCUT2D eigenvalue weighted by Gasteiger charge is 2.24. The van der Waals surface area contributed by atoms with Crippen LogP contribution in [-0.4, -0.2) is 18.6 Å². The van der Waals surface area contributed by atoms with Gasteiger partial charge in [0.25, 0.3) is 0 Å². The molecule has 16 heavy (non-hydrogen) atoms. The van der Waals surface area contributed by atoms with Crippen molar-refractivity contribution in [2.45, 2.75) is 44.7 Å². The number of anilines is 1. The van der Waals surface area contributed by atoms with E-state index in [2.05, 4.69) is 35.8 Å². The van der Waals surface area contributed by atoms with Crippen LogP contribution in [0.15, 0.2) is 18.2 Å². The Balaban J connectivity index is 1.69. The zero-order valence-corrected chi connectivity index (χ0v) is 9.92. The van der Waals surface area contributed by atoms with Crippen LogP contribution in [0.1, 0.15) is 30.4 Å². The first-order valence-electron chi connectivity index (χ1n) is 6.41. The predicted octanol–water partition coefficient (Wildman–Crippen LogP) is 2.47. The number of hydrogen-bond acceptors (Lipinski definition) is 2. The molecule has 2 N–H and O–H groups in total. The maximum Gasteiger partial charge on any atom is 0.0374 e. The van der Waals surface area contributed by atoms with Gasteiger partial charge >= 0.3 is 0 Å². The lowest BCUT2D eigenvalue weighted by atomic mass is 9.90. The summed E-state index contributed by atoms with van der Waals surface area (Å²) < 4.78 is 0. The Kier molecular flexibility index (Phi) is 2.60. The molecule has 1 unspecified atom stereocenters. The van der Waals surface area contributed by atoms with E-state index in [1.54, 1.807) is 0 Å². The molecule has 0 bridgehead atoms. The Morgan fingerprint density at radius 2 is 2.12 bits per heavy atom. The van der Waals surface area contributed by atoms with Gasteiger partial charge in [0.1, 0.15) is 0 Å². The first kappa shape index (κ1) is 10.2. The minimum absolute atomic E-state index is 0.625. The molecule has 1 saturated carbocycles. The van der Waals surface area contributed by atoms with Crippen molar-refractivity contribution < 1.29 is 0 Å². The highest BCUT2D eigenvalue weighted by Crippen LogP contribution is 2.25. The topological polar surface area (TPSA) is 24.1 Å². The zero-order valence-electron chi connectivity index (χ0n) is 9.92. The van der Waals surface area contributed by atoms with Gasteiger partial charge in [0, 0.05) is 24.3 Å². The summed E-state index contributed by atoms with van der Waals surface area (Å²) in [7, 11) is 0. The van der Waals surface area contributed by atoms with Crippen molar-refractivity contribution in [2.24, 2.45) is 0 Å². The lowest BCUT2D eigenvalue weighted by Crippen LogP contribution is -2.48. The fourth-order valence-electron chi connectivity index (χ4n) is 2.66. The van der Waals surface area contributed by atoms with Gasteiger partial charge in [0.05, 0.1) is 0 Å². The normalized spacial score (nSPS) is 24.4. The van der Waals surface area contributed by atoms with Crippen LogP contribution in [0.2, 0.25) is 0 Å². The number of benzene rings is 1. The summed E-state index contributed by atoms with van der Waals surface area (Å²) in [6.45, 7) is 3.25. The molecule has 1 aromatic rings. The van der Waals surface area contributed by atoms with Crippen LogP contribution < -0.4 is 10.6 Å². The third kappa shape index (κ3) is 1.94. The average Bonchev–Trinajstić information content (AvgIpc) is 2.23. The minimum Gasteiger partial charge on any atom is -0.383 e. The maximum absolute atomic E-state index is 3.75. The molecule has 1 aliphatic carbocycles. The Labute approximate surface area is 97.4 Å². The molecule has 2 nitrogen and oxygen atoms in total. The summed E-state index contributed by atoms with van der Waals surface area (Å²) in [6.07, 6.45) is 5.34. The molecule has 1 aromatic carbocycles. The SMILES string of the molecule is Cc1ccc2c(c1)CC(NC1CCC1)CN2. The molecule has 1 fully saturated rings. The van der Waals surface area contributed by atoms with Crippen LogP contribution in [-0.2, 0) is 6.42 Å². The van der Waals surface area contributed by atoms with Gasteiger partial charge in [0.2, 0.25) is 0 Å². The number of hydrogen-bond donors (Lipinski definition) is 2. The van der Waals surface area contributed by atoms with Crippen molar-refractivity contribution in [3.63, 3.8) is 0 Å². The van der Waals surface area contributed by atoms with Gasteiger partial charge in [-0.3, -0.25) is 0 Å². The van der Waals surface area contributed by atoms with Crippen LogP contribution >= 0.6 is 0 Å². The van der Waals surface area contributed by atoms with E-state index in [4.69, 9.17) is 0 Å². The average molecular weight is 216 g/mol. The van der Waals surface area contributed by atoms with Crippen LogP contribution in [0.5, 0.6) is 0 Å². The molecular weight excluding hydrogens is 196 g/mol. The van der Waals surface area contributed by atoms with E-state index >= 15 is 0 Å². The van der Waals surface area contributed by atoms with E-state index in [0.29, 0.717) is 6.04 Å². The minimum atomic E-state index is 0.625. The van der Waals surface area contributed by atoms with Gasteiger partial charge in [-0.2, -0.15) is 0 Å². The molecule has 0 saturated heterocycles. The van der Waals surface area contributed by atoms with Crippen LogP contribution in [0, 0.1) is 6.92 Å². The predicted molar refractivity (Wildman–Crippen MR) is 67.9 cm³/mol. The molecule has 2 heteroatoms. The molecular formula is C14H20N2. The van der Waals surface area contributed by atoms with Crippen molar-refractivity contribution in [3.05, 3.63) is 29.3 Å². The van der Waals surface area contributed by atoms with Gasteiger partial charge in [-0.15, -0.1) is 0 Å². The van der Waals surface area contributed by atoms with Gasteiger partial charge in [-0.25, -0.2) is 0 Å². The third-order valence-electron chi connectivity index (χ3n) is 3.84. The second-order valence-corrected chi connectivity index (χ2v) is 5.24. The summed E-state index contributed by atoms with van der Waals surface area (Å²) in [5, 5.41) is 7.28. The summed E-state index contributed by atoms with van der Waals surface area (Å²) >= 11 is 0. The Morgan fingerprint density at radius 3 is 2.88 bits per heavy atom. The molecule has 2 aliphatic rings. The fourth-order valence-corrected chi connectivity index (χ4v) is 2.66. The largest absolute Gasteiger partial charge is 0.383 e. The van der Waals surface area contributed by atoms with Crippen molar-refractivity contribution in [1.29, 1.82) is 0 Å². The first-order valence-corrected chi connectivity index (χ1v) is 6.41. The third-order valence-corrected chi connectivity index (χ3v) is 3.84. The fraction of sp³-hybridized carbons (Fsp3) is 0.571. The number of fused-ring (bicyclic) bond motifs is 1. The second kappa shape index (κ2) is 4.10. The zero-order chi connectivity index (χ0) is 11.0. The molecule has 86 valence electrons. The van der Waals surface area contributed by atoms with Crippen molar-refractivity contribution in [3.8, 4) is 0 Å². The Morgan fingerprint density at radius 1 is 1.25 bits per heavy atom. The van der Waals surface area contributed by atoms with Gasteiger partial charge in [-0.05, 0) is 37.8 Å². The quantitative estimate of drug-likeness (QED) is 0.793.